The molecule has 2 aromatic rings. The molecule has 2 unspecified atom stereocenters. The highest BCUT2D eigenvalue weighted by Gasteiger charge is 2.33. The van der Waals surface area contributed by atoms with Crippen molar-refractivity contribution in [1.29, 1.82) is 0 Å². The third-order valence-electron chi connectivity index (χ3n) is 6.12. The van der Waals surface area contributed by atoms with Crippen LogP contribution in [-0.2, 0) is 16.0 Å². The van der Waals surface area contributed by atoms with E-state index in [1.54, 1.807) is 7.11 Å². The van der Waals surface area contributed by atoms with Gasteiger partial charge in [-0.3, -0.25) is 4.79 Å². The lowest BCUT2D eigenvalue weighted by molar-refractivity contribution is -0.137. The van der Waals surface area contributed by atoms with Crippen LogP contribution in [0.2, 0.25) is 0 Å². The summed E-state index contributed by atoms with van der Waals surface area (Å²) >= 11 is 0. The average molecular weight is 411 g/mol. The number of benzene rings is 2. The smallest absolute Gasteiger partial charge is 0.304 e. The Hall–Kier alpha value is -2.53. The van der Waals surface area contributed by atoms with Gasteiger partial charge in [0, 0.05) is 24.7 Å². The molecule has 0 saturated heterocycles. The summed E-state index contributed by atoms with van der Waals surface area (Å²) in [6, 6.07) is 12.2. The van der Waals surface area contributed by atoms with Gasteiger partial charge in [-0.2, -0.15) is 0 Å². The second kappa shape index (κ2) is 7.95. The number of ether oxygens (including phenoxy) is 3. The fourth-order valence-corrected chi connectivity index (χ4v) is 4.83. The minimum Gasteiger partial charge on any atom is -0.492 e. The van der Waals surface area contributed by atoms with Crippen molar-refractivity contribution in [3.63, 3.8) is 0 Å². The molecule has 0 aromatic heterocycles. The number of rotatable bonds is 6. The highest BCUT2D eigenvalue weighted by atomic mass is 16.5. The molecule has 0 saturated carbocycles. The van der Waals surface area contributed by atoms with Gasteiger partial charge >= 0.3 is 5.97 Å². The molecule has 0 radical (unpaired) electrons. The van der Waals surface area contributed by atoms with Crippen molar-refractivity contribution in [2.45, 2.75) is 58.2 Å². The summed E-state index contributed by atoms with van der Waals surface area (Å²) in [5.41, 5.74) is 4.77. The third kappa shape index (κ3) is 3.91. The van der Waals surface area contributed by atoms with Gasteiger partial charge in [-0.05, 0) is 41.0 Å². The Morgan fingerprint density at radius 1 is 1.23 bits per heavy atom. The number of carbonyl (C=O) groups is 1. The maximum absolute atomic E-state index is 11.0. The number of methoxy groups -OCH3 is 1. The molecule has 1 aliphatic heterocycles. The second-order valence-electron chi connectivity index (χ2n) is 9.35. The third-order valence-corrected chi connectivity index (χ3v) is 6.12. The first-order chi connectivity index (χ1) is 14.3. The van der Waals surface area contributed by atoms with E-state index in [0.717, 1.165) is 29.9 Å². The van der Waals surface area contributed by atoms with Crippen molar-refractivity contribution in [3.05, 3.63) is 58.7 Å². The van der Waals surface area contributed by atoms with E-state index < -0.39 is 5.97 Å². The Morgan fingerprint density at radius 3 is 2.73 bits per heavy atom. The fraction of sp³-hybridized carbons (Fsp3) is 0.480. The molecule has 0 bridgehead atoms. The summed E-state index contributed by atoms with van der Waals surface area (Å²) < 4.78 is 18.0. The standard InChI is InChI=1S/C25H30O5/c1-25(2,3)24(28-4)20-7-5-6-19-18(20)10-11-21(19)30-16-8-9-17-15(12-23(26)27)14-29-22(17)13-16/h5-9,13,15,21,24H,10-12,14H2,1-4H3,(H,26,27)/t15?,21-,24?/m1/s1. The van der Waals surface area contributed by atoms with Crippen molar-refractivity contribution in [3.8, 4) is 11.5 Å². The van der Waals surface area contributed by atoms with Crippen molar-refractivity contribution in [2.24, 2.45) is 5.41 Å². The van der Waals surface area contributed by atoms with Crippen LogP contribution in [0.25, 0.3) is 0 Å². The molecule has 1 aliphatic carbocycles. The normalized spacial score (nSPS) is 20.9. The molecule has 1 N–H and O–H groups in total. The van der Waals surface area contributed by atoms with Crippen LogP contribution in [0.1, 0.15) is 74.0 Å². The van der Waals surface area contributed by atoms with E-state index in [1.807, 2.05) is 18.2 Å². The average Bonchev–Trinajstić information content (AvgIpc) is 3.26. The molecule has 3 atom stereocenters. The van der Waals surface area contributed by atoms with E-state index in [4.69, 9.17) is 19.3 Å². The van der Waals surface area contributed by atoms with E-state index in [2.05, 4.69) is 39.0 Å². The largest absolute Gasteiger partial charge is 0.492 e. The van der Waals surface area contributed by atoms with Gasteiger partial charge in [-0.25, -0.2) is 0 Å². The van der Waals surface area contributed by atoms with Crippen molar-refractivity contribution in [1.82, 2.24) is 0 Å². The molecule has 160 valence electrons. The van der Waals surface area contributed by atoms with E-state index in [0.29, 0.717) is 6.61 Å². The van der Waals surface area contributed by atoms with E-state index in [-0.39, 0.29) is 30.0 Å². The first kappa shape index (κ1) is 20.7. The highest BCUT2D eigenvalue weighted by Crippen LogP contribution is 2.45. The minimum atomic E-state index is -0.806. The van der Waals surface area contributed by atoms with Gasteiger partial charge in [0.05, 0.1) is 19.1 Å². The molecule has 5 heteroatoms. The zero-order valence-corrected chi connectivity index (χ0v) is 18.1. The predicted octanol–water partition coefficient (Wildman–Crippen LogP) is 5.44. The van der Waals surface area contributed by atoms with Crippen LogP contribution < -0.4 is 9.47 Å². The van der Waals surface area contributed by atoms with Crippen LogP contribution in [0.15, 0.2) is 36.4 Å². The topological polar surface area (TPSA) is 65.0 Å². The van der Waals surface area contributed by atoms with Gasteiger partial charge in [-0.15, -0.1) is 0 Å². The molecule has 2 aromatic carbocycles. The molecule has 30 heavy (non-hydrogen) atoms. The van der Waals surface area contributed by atoms with Crippen molar-refractivity contribution < 1.29 is 24.1 Å². The summed E-state index contributed by atoms with van der Waals surface area (Å²) in [7, 11) is 1.78. The van der Waals surface area contributed by atoms with Crippen LogP contribution in [0, 0.1) is 5.41 Å². The molecular weight excluding hydrogens is 380 g/mol. The molecule has 5 nitrogen and oxygen atoms in total. The molecule has 0 amide bonds. The Labute approximate surface area is 178 Å². The highest BCUT2D eigenvalue weighted by molar-refractivity contribution is 5.68. The number of carboxylic acids is 1. The van der Waals surface area contributed by atoms with Gasteiger partial charge < -0.3 is 19.3 Å². The van der Waals surface area contributed by atoms with Crippen molar-refractivity contribution in [2.75, 3.05) is 13.7 Å². The van der Waals surface area contributed by atoms with Crippen LogP contribution in [-0.4, -0.2) is 24.8 Å². The maximum atomic E-state index is 11.0. The fourth-order valence-electron chi connectivity index (χ4n) is 4.83. The molecule has 0 spiro atoms. The lowest BCUT2D eigenvalue weighted by atomic mass is 9.82. The minimum absolute atomic E-state index is 0.00658. The van der Waals surface area contributed by atoms with Crippen molar-refractivity contribution >= 4 is 5.97 Å². The van der Waals surface area contributed by atoms with E-state index >= 15 is 0 Å². The van der Waals surface area contributed by atoms with Gasteiger partial charge in [0.2, 0.25) is 0 Å². The van der Waals surface area contributed by atoms with Crippen LogP contribution in [0.3, 0.4) is 0 Å². The Morgan fingerprint density at radius 2 is 2.03 bits per heavy atom. The molecule has 0 fully saturated rings. The van der Waals surface area contributed by atoms with Gasteiger partial charge in [0.15, 0.2) is 0 Å². The predicted molar refractivity (Wildman–Crippen MR) is 114 cm³/mol. The number of hydrogen-bond acceptors (Lipinski definition) is 4. The summed E-state index contributed by atoms with van der Waals surface area (Å²) in [4.78, 5) is 11.0. The number of fused-ring (bicyclic) bond motifs is 2. The SMILES string of the molecule is COC(c1cccc2c1CC[C@H]2Oc1ccc2c(c1)OCC2CC(=O)O)C(C)(C)C. The van der Waals surface area contributed by atoms with Gasteiger partial charge in [0.1, 0.15) is 17.6 Å². The maximum Gasteiger partial charge on any atom is 0.304 e. The first-order valence-corrected chi connectivity index (χ1v) is 10.6. The van der Waals surface area contributed by atoms with E-state index in [9.17, 15) is 4.79 Å². The number of hydrogen-bond donors (Lipinski definition) is 1. The molecule has 4 rings (SSSR count). The Kier molecular flexibility index (Phi) is 5.49. The summed E-state index contributed by atoms with van der Waals surface area (Å²) in [5.74, 6) is 0.592. The zero-order chi connectivity index (χ0) is 21.5. The lowest BCUT2D eigenvalue weighted by Gasteiger charge is -2.31. The Bertz CT molecular complexity index is 943. The summed E-state index contributed by atoms with van der Waals surface area (Å²) in [6.45, 7) is 7.01. The number of aliphatic carboxylic acids is 1. The monoisotopic (exact) mass is 410 g/mol. The van der Waals surface area contributed by atoms with Crippen LogP contribution in [0.4, 0.5) is 0 Å². The van der Waals surface area contributed by atoms with Gasteiger partial charge in [0.25, 0.3) is 0 Å². The number of carboxylic acid groups (broad SMARTS) is 1. The zero-order valence-electron chi connectivity index (χ0n) is 18.1. The first-order valence-electron chi connectivity index (χ1n) is 10.6. The Balaban J connectivity index is 1.56. The van der Waals surface area contributed by atoms with Gasteiger partial charge in [-0.1, -0.05) is 45.0 Å². The second-order valence-corrected chi connectivity index (χ2v) is 9.35. The van der Waals surface area contributed by atoms with Crippen LogP contribution in [0.5, 0.6) is 11.5 Å². The molecular formula is C25H30O5. The summed E-state index contributed by atoms with van der Waals surface area (Å²) in [5, 5.41) is 9.08. The lowest BCUT2D eigenvalue weighted by Crippen LogP contribution is -2.21. The van der Waals surface area contributed by atoms with Crippen LogP contribution >= 0.6 is 0 Å². The summed E-state index contributed by atoms with van der Waals surface area (Å²) in [6.07, 6.45) is 2.00. The molecule has 1 heterocycles. The quantitative estimate of drug-likeness (QED) is 0.687. The van der Waals surface area contributed by atoms with E-state index in [1.165, 1.54) is 16.7 Å². The molecule has 2 aliphatic rings.